The van der Waals surface area contributed by atoms with Crippen LogP contribution in [0, 0.1) is 0 Å². The van der Waals surface area contributed by atoms with E-state index < -0.39 is 5.97 Å². The van der Waals surface area contributed by atoms with Crippen LogP contribution >= 0.6 is 0 Å². The van der Waals surface area contributed by atoms with Gasteiger partial charge < -0.3 is 9.67 Å². The third kappa shape index (κ3) is 2.38. The standard InChI is InChI=1S/C15H17NO3/c1-9(2)11-5-4-6-12-10(8-14(18)19)7-13(17)16(3)15(11)12/h4-7,9H,8H2,1-3H3,(H,18,19). The summed E-state index contributed by atoms with van der Waals surface area (Å²) in [6.07, 6.45) is -0.131. The Morgan fingerprint density at radius 3 is 2.63 bits per heavy atom. The first-order chi connectivity index (χ1) is 8.91. The van der Waals surface area contributed by atoms with Gasteiger partial charge in [0.2, 0.25) is 0 Å². The van der Waals surface area contributed by atoms with E-state index in [1.165, 1.54) is 6.07 Å². The molecule has 1 N–H and O–H groups in total. The molecule has 4 nitrogen and oxygen atoms in total. The smallest absolute Gasteiger partial charge is 0.307 e. The first-order valence-electron chi connectivity index (χ1n) is 6.25. The van der Waals surface area contributed by atoms with Crippen molar-refractivity contribution in [3.8, 4) is 0 Å². The molecule has 0 aliphatic rings. The molecule has 1 heterocycles. The van der Waals surface area contributed by atoms with E-state index in [9.17, 15) is 9.59 Å². The fraction of sp³-hybridized carbons (Fsp3) is 0.333. The van der Waals surface area contributed by atoms with Gasteiger partial charge in [-0.3, -0.25) is 9.59 Å². The molecule has 1 aromatic heterocycles. The average molecular weight is 259 g/mol. The number of aliphatic carboxylic acids is 1. The molecule has 1 aromatic carbocycles. The highest BCUT2D eigenvalue weighted by Crippen LogP contribution is 2.26. The minimum atomic E-state index is -0.926. The van der Waals surface area contributed by atoms with Gasteiger partial charge in [0.1, 0.15) is 0 Å². The van der Waals surface area contributed by atoms with Gasteiger partial charge in [-0.1, -0.05) is 32.0 Å². The molecule has 0 bridgehead atoms. The van der Waals surface area contributed by atoms with Gasteiger partial charge in [0.15, 0.2) is 0 Å². The Morgan fingerprint density at radius 1 is 1.37 bits per heavy atom. The van der Waals surface area contributed by atoms with Gasteiger partial charge in [-0.25, -0.2) is 0 Å². The largest absolute Gasteiger partial charge is 0.481 e. The van der Waals surface area contributed by atoms with Crippen molar-refractivity contribution in [1.82, 2.24) is 4.57 Å². The molecule has 0 fully saturated rings. The van der Waals surface area contributed by atoms with E-state index in [0.29, 0.717) is 5.56 Å². The number of aromatic nitrogens is 1. The lowest BCUT2D eigenvalue weighted by Gasteiger charge is -2.15. The lowest BCUT2D eigenvalue weighted by Crippen LogP contribution is -2.19. The Balaban J connectivity index is 2.88. The molecule has 0 spiro atoms. The van der Waals surface area contributed by atoms with Crippen LogP contribution in [0.1, 0.15) is 30.9 Å². The van der Waals surface area contributed by atoms with Crippen LogP contribution in [0.15, 0.2) is 29.1 Å². The number of carbonyl (C=O) groups is 1. The molecule has 0 radical (unpaired) electrons. The highest BCUT2D eigenvalue weighted by Gasteiger charge is 2.13. The second-order valence-corrected chi connectivity index (χ2v) is 5.04. The van der Waals surface area contributed by atoms with E-state index in [1.807, 2.05) is 18.2 Å². The topological polar surface area (TPSA) is 59.3 Å². The number of para-hydroxylation sites is 1. The summed E-state index contributed by atoms with van der Waals surface area (Å²) in [5.41, 5.74) is 2.30. The Morgan fingerprint density at radius 2 is 2.05 bits per heavy atom. The van der Waals surface area contributed by atoms with Crippen LogP contribution in [0.5, 0.6) is 0 Å². The van der Waals surface area contributed by atoms with Crippen molar-refractivity contribution in [2.24, 2.45) is 7.05 Å². The number of benzene rings is 1. The number of carboxylic acid groups (broad SMARTS) is 1. The molecular formula is C15H17NO3. The van der Waals surface area contributed by atoms with Crippen molar-refractivity contribution < 1.29 is 9.90 Å². The average Bonchev–Trinajstić information content (AvgIpc) is 2.34. The van der Waals surface area contributed by atoms with Crippen LogP contribution in [0.4, 0.5) is 0 Å². The maximum atomic E-state index is 12.0. The summed E-state index contributed by atoms with van der Waals surface area (Å²) in [7, 11) is 1.72. The molecule has 0 aliphatic heterocycles. The Kier molecular flexibility index (Phi) is 3.42. The molecule has 0 amide bonds. The summed E-state index contributed by atoms with van der Waals surface area (Å²) in [6, 6.07) is 7.18. The summed E-state index contributed by atoms with van der Waals surface area (Å²) in [4.78, 5) is 22.9. The van der Waals surface area contributed by atoms with E-state index >= 15 is 0 Å². The fourth-order valence-electron chi connectivity index (χ4n) is 2.40. The van der Waals surface area contributed by atoms with Crippen LogP contribution in [0.2, 0.25) is 0 Å². The maximum absolute atomic E-state index is 12.0. The quantitative estimate of drug-likeness (QED) is 0.920. The normalized spacial score (nSPS) is 11.2. The van der Waals surface area contributed by atoms with Crippen LogP contribution in [-0.4, -0.2) is 15.6 Å². The van der Waals surface area contributed by atoms with Crippen LogP contribution < -0.4 is 5.56 Å². The van der Waals surface area contributed by atoms with Crippen LogP contribution in [0.3, 0.4) is 0 Å². The molecule has 0 aliphatic carbocycles. The number of fused-ring (bicyclic) bond motifs is 1. The monoisotopic (exact) mass is 259 g/mol. The van der Waals surface area contributed by atoms with Crippen molar-refractivity contribution in [3.05, 3.63) is 45.7 Å². The molecule has 2 aromatic rings. The highest BCUT2D eigenvalue weighted by molar-refractivity contribution is 5.88. The van der Waals surface area contributed by atoms with Crippen LogP contribution in [-0.2, 0) is 18.3 Å². The van der Waals surface area contributed by atoms with Gasteiger partial charge in [0, 0.05) is 18.5 Å². The van der Waals surface area contributed by atoms with Crippen molar-refractivity contribution >= 4 is 16.9 Å². The maximum Gasteiger partial charge on any atom is 0.307 e. The number of aryl methyl sites for hydroxylation is 1. The van der Waals surface area contributed by atoms with Gasteiger partial charge in [0.25, 0.3) is 5.56 Å². The molecule has 100 valence electrons. The number of pyridine rings is 1. The Bertz CT molecular complexity index is 698. The molecule has 0 saturated carbocycles. The predicted molar refractivity (Wildman–Crippen MR) is 74.6 cm³/mol. The van der Waals surface area contributed by atoms with Crippen molar-refractivity contribution in [2.75, 3.05) is 0 Å². The SMILES string of the molecule is CC(C)c1cccc2c(CC(=O)O)cc(=O)n(C)c12. The zero-order valence-electron chi connectivity index (χ0n) is 11.3. The Labute approximate surface area is 111 Å². The van der Waals surface area contributed by atoms with E-state index in [4.69, 9.17) is 5.11 Å². The van der Waals surface area contributed by atoms with Crippen LogP contribution in [0.25, 0.3) is 10.9 Å². The lowest BCUT2D eigenvalue weighted by molar-refractivity contribution is -0.136. The zero-order chi connectivity index (χ0) is 14.2. The van der Waals surface area contributed by atoms with Gasteiger partial charge in [-0.15, -0.1) is 0 Å². The number of rotatable bonds is 3. The summed E-state index contributed by atoms with van der Waals surface area (Å²) < 4.78 is 1.59. The van der Waals surface area contributed by atoms with Gasteiger partial charge in [0.05, 0.1) is 11.9 Å². The molecule has 4 heteroatoms. The Hall–Kier alpha value is -2.10. The van der Waals surface area contributed by atoms with Gasteiger partial charge in [-0.2, -0.15) is 0 Å². The molecule has 0 atom stereocenters. The minimum Gasteiger partial charge on any atom is -0.481 e. The molecule has 2 rings (SSSR count). The molecule has 0 saturated heterocycles. The third-order valence-electron chi connectivity index (χ3n) is 3.34. The first kappa shape index (κ1) is 13.3. The van der Waals surface area contributed by atoms with E-state index in [1.54, 1.807) is 11.6 Å². The summed E-state index contributed by atoms with van der Waals surface area (Å²) in [5.74, 6) is -0.654. The zero-order valence-corrected chi connectivity index (χ0v) is 11.3. The molecule has 19 heavy (non-hydrogen) atoms. The molecule has 0 unspecified atom stereocenters. The number of hydrogen-bond donors (Lipinski definition) is 1. The lowest BCUT2D eigenvalue weighted by atomic mass is 9.96. The summed E-state index contributed by atoms with van der Waals surface area (Å²) in [6.45, 7) is 4.12. The fourth-order valence-corrected chi connectivity index (χ4v) is 2.40. The second kappa shape index (κ2) is 4.88. The van der Waals surface area contributed by atoms with Crippen molar-refractivity contribution in [2.45, 2.75) is 26.2 Å². The van der Waals surface area contributed by atoms with Gasteiger partial charge >= 0.3 is 5.97 Å². The minimum absolute atomic E-state index is 0.131. The van der Waals surface area contributed by atoms with Crippen molar-refractivity contribution in [3.63, 3.8) is 0 Å². The third-order valence-corrected chi connectivity index (χ3v) is 3.34. The summed E-state index contributed by atoms with van der Waals surface area (Å²) >= 11 is 0. The second-order valence-electron chi connectivity index (χ2n) is 5.04. The first-order valence-corrected chi connectivity index (χ1v) is 6.25. The highest BCUT2D eigenvalue weighted by atomic mass is 16.4. The van der Waals surface area contributed by atoms with Crippen molar-refractivity contribution in [1.29, 1.82) is 0 Å². The summed E-state index contributed by atoms with van der Waals surface area (Å²) in [5, 5.41) is 9.80. The number of carboxylic acids is 1. The van der Waals surface area contributed by atoms with E-state index in [0.717, 1.165) is 16.5 Å². The van der Waals surface area contributed by atoms with Gasteiger partial charge in [-0.05, 0) is 17.0 Å². The van der Waals surface area contributed by atoms with E-state index in [-0.39, 0.29) is 17.9 Å². The molecular weight excluding hydrogens is 242 g/mol. The number of nitrogens with zero attached hydrogens (tertiary/aromatic N) is 1. The van der Waals surface area contributed by atoms with E-state index in [2.05, 4.69) is 13.8 Å². The predicted octanol–water partition coefficient (Wildman–Crippen LogP) is 2.29. The number of hydrogen-bond acceptors (Lipinski definition) is 2.